The second-order valence-corrected chi connectivity index (χ2v) is 12.6. The number of likely N-dealkylation sites (N-methyl/N-ethyl adjacent to an activating group) is 1. The molecule has 16 heteroatoms. The van der Waals surface area contributed by atoms with Gasteiger partial charge in [-0.25, -0.2) is 18.9 Å². The molecule has 0 saturated carbocycles. The number of allylic oxidation sites excluding steroid dienone is 1. The average molecular weight is 748 g/mol. The first kappa shape index (κ1) is 38.2. The van der Waals surface area contributed by atoms with Crippen LogP contribution in [-0.4, -0.2) is 88.2 Å². The third-order valence-corrected chi connectivity index (χ3v) is 8.56. The van der Waals surface area contributed by atoms with Crippen molar-refractivity contribution in [3.05, 3.63) is 100 Å². The maximum Gasteiger partial charge on any atom is 0.407 e. The van der Waals surface area contributed by atoms with Crippen LogP contribution in [0.1, 0.15) is 48.6 Å². The van der Waals surface area contributed by atoms with Gasteiger partial charge in [0.2, 0.25) is 17.7 Å². The summed E-state index contributed by atoms with van der Waals surface area (Å²) in [5.74, 6) is -1.85. The summed E-state index contributed by atoms with van der Waals surface area (Å²) >= 11 is 6.34. The Morgan fingerprint density at radius 2 is 1.87 bits per heavy atom. The predicted octanol–water partition coefficient (Wildman–Crippen LogP) is 7.98. The zero-order valence-electron chi connectivity index (χ0n) is 28.2. The molecule has 0 aliphatic carbocycles. The topological polar surface area (TPSA) is 110 Å². The number of carbonyl (C=O) groups excluding carboxylic acids is 1. The van der Waals surface area contributed by atoms with Gasteiger partial charge >= 0.3 is 12.3 Å². The van der Waals surface area contributed by atoms with Gasteiger partial charge in [0.05, 0.1) is 28.9 Å². The van der Waals surface area contributed by atoms with E-state index in [1.807, 2.05) is 0 Å². The normalized spacial score (nSPS) is 15.5. The van der Waals surface area contributed by atoms with Crippen LogP contribution in [0.15, 0.2) is 66.9 Å². The van der Waals surface area contributed by atoms with Crippen LogP contribution >= 0.6 is 11.6 Å². The van der Waals surface area contributed by atoms with Crippen LogP contribution in [0.3, 0.4) is 0 Å². The molecule has 4 aromatic rings. The number of benzene rings is 2. The maximum atomic E-state index is 15.4. The van der Waals surface area contributed by atoms with Crippen molar-refractivity contribution in [3.8, 4) is 5.88 Å². The van der Waals surface area contributed by atoms with E-state index in [9.17, 15) is 32.3 Å². The van der Waals surface area contributed by atoms with Gasteiger partial charge < -0.3 is 24.4 Å². The van der Waals surface area contributed by atoms with Crippen molar-refractivity contribution in [1.82, 2.24) is 24.6 Å². The number of carboxylic acid groups (broad SMARTS) is 1. The Balaban J connectivity index is 1.52. The Morgan fingerprint density at radius 3 is 2.50 bits per heavy atom. The molecule has 1 aliphatic rings. The van der Waals surface area contributed by atoms with Crippen molar-refractivity contribution in [2.75, 3.05) is 40.4 Å². The molecule has 0 bridgehead atoms. The monoisotopic (exact) mass is 747 g/mol. The molecule has 2 aromatic heterocycles. The zero-order chi connectivity index (χ0) is 37.6. The van der Waals surface area contributed by atoms with Gasteiger partial charge in [-0.1, -0.05) is 29.8 Å². The lowest BCUT2D eigenvalue weighted by Crippen LogP contribution is -2.33. The Bertz CT molecular complexity index is 1970. The molecule has 1 saturated heterocycles. The number of hydrogen-bond donors (Lipinski definition) is 1. The van der Waals surface area contributed by atoms with Gasteiger partial charge in [-0.15, -0.1) is 5.10 Å². The number of hydrogen-bond acceptors (Lipinski definition) is 6. The smallest absolute Gasteiger partial charge is 0.407 e. The largest absolute Gasteiger partial charge is 0.476 e. The summed E-state index contributed by atoms with van der Waals surface area (Å²) in [7, 11) is 3.12. The van der Waals surface area contributed by atoms with Crippen molar-refractivity contribution in [1.29, 1.82) is 0 Å². The molecule has 10 nitrogen and oxygen atoms in total. The molecule has 1 unspecified atom stereocenters. The van der Waals surface area contributed by atoms with Gasteiger partial charge in [0.25, 0.3) is 0 Å². The Hall–Kier alpha value is -5.02. The fraction of sp³-hybridized carbons (Fsp3) is 0.333. The molecule has 276 valence electrons. The minimum absolute atomic E-state index is 0.00367. The molecular formula is C36H35ClF5N5O5. The van der Waals surface area contributed by atoms with Crippen molar-refractivity contribution in [3.63, 3.8) is 0 Å². The lowest BCUT2D eigenvalue weighted by Gasteiger charge is -2.23. The van der Waals surface area contributed by atoms with E-state index in [-0.39, 0.29) is 69.7 Å². The molecule has 1 atom stereocenters. The second-order valence-electron chi connectivity index (χ2n) is 12.2. The number of aromatic nitrogens is 3. The molecule has 1 N–H and O–H groups in total. The first-order valence-corrected chi connectivity index (χ1v) is 16.6. The Labute approximate surface area is 300 Å². The van der Waals surface area contributed by atoms with Crippen molar-refractivity contribution >= 4 is 45.7 Å². The van der Waals surface area contributed by atoms with Gasteiger partial charge in [0.15, 0.2) is 6.23 Å². The molecule has 0 radical (unpaired) electrons. The van der Waals surface area contributed by atoms with Gasteiger partial charge in [0.1, 0.15) is 12.4 Å². The fourth-order valence-electron chi connectivity index (χ4n) is 5.73. The van der Waals surface area contributed by atoms with E-state index in [2.05, 4.69) is 10.1 Å². The Kier molecular flexibility index (Phi) is 12.2. The van der Waals surface area contributed by atoms with E-state index in [1.54, 1.807) is 20.2 Å². The number of rotatable bonds is 12. The van der Waals surface area contributed by atoms with Crippen molar-refractivity contribution < 1.29 is 46.1 Å². The summed E-state index contributed by atoms with van der Waals surface area (Å²) in [5, 5.41) is 13.4. The van der Waals surface area contributed by atoms with E-state index in [0.29, 0.717) is 18.5 Å². The molecule has 3 heterocycles. The van der Waals surface area contributed by atoms with Crippen LogP contribution in [0.4, 0.5) is 26.7 Å². The number of amides is 2. The van der Waals surface area contributed by atoms with Gasteiger partial charge in [-0.2, -0.15) is 17.6 Å². The number of ether oxygens (including phenoxy) is 2. The van der Waals surface area contributed by atoms with E-state index in [1.165, 1.54) is 52.2 Å². The van der Waals surface area contributed by atoms with E-state index < -0.39 is 36.7 Å². The van der Waals surface area contributed by atoms with Gasteiger partial charge in [-0.05, 0) is 71.9 Å². The molecule has 1 aliphatic heterocycles. The highest BCUT2D eigenvalue weighted by molar-refractivity contribution is 6.32. The van der Waals surface area contributed by atoms with Crippen molar-refractivity contribution in [2.45, 2.75) is 38.1 Å². The van der Waals surface area contributed by atoms with Gasteiger partial charge in [0, 0.05) is 51.1 Å². The second kappa shape index (κ2) is 16.5. The van der Waals surface area contributed by atoms with Crippen LogP contribution in [0.2, 0.25) is 5.02 Å². The number of carbonyl (C=O) groups is 2. The summed E-state index contributed by atoms with van der Waals surface area (Å²) in [6.45, 7) is 0.184. The van der Waals surface area contributed by atoms with Crippen molar-refractivity contribution in [2.24, 2.45) is 0 Å². The summed E-state index contributed by atoms with van der Waals surface area (Å²) in [6.07, 6.45) is -1.69. The first-order chi connectivity index (χ1) is 24.7. The number of nitrogens with zero attached hydrogens (tertiary/aromatic N) is 5. The van der Waals surface area contributed by atoms with Crippen LogP contribution in [0, 0.1) is 11.8 Å². The number of pyridine rings is 1. The van der Waals surface area contributed by atoms with Crippen LogP contribution in [0.25, 0.3) is 22.0 Å². The van der Waals surface area contributed by atoms with Gasteiger partial charge in [-0.3, -0.25) is 4.79 Å². The van der Waals surface area contributed by atoms with E-state index in [0.717, 1.165) is 35.9 Å². The van der Waals surface area contributed by atoms with Crippen LogP contribution in [-0.2, 0) is 9.53 Å². The highest BCUT2D eigenvalue weighted by atomic mass is 35.5. The average Bonchev–Trinajstić information content (AvgIpc) is 3.43. The SMILES string of the molecule is CN(C)C(=O)C=CCN(CCOc1ccc(C(=C(CC(F)(F)F)c2ccc(F)cc2Cl)c2ccc3c(c2)c(F)nn3C2CCCCO2)cn1)C(=O)O. The number of halogens is 6. The molecule has 52 heavy (non-hydrogen) atoms. The minimum Gasteiger partial charge on any atom is -0.476 e. The molecule has 2 aromatic carbocycles. The van der Waals surface area contributed by atoms with Crippen LogP contribution in [0.5, 0.6) is 5.88 Å². The summed E-state index contributed by atoms with van der Waals surface area (Å²) < 4.78 is 85.1. The molecule has 1 fully saturated rings. The fourth-order valence-corrected chi connectivity index (χ4v) is 6.01. The quantitative estimate of drug-likeness (QED) is 0.0890. The summed E-state index contributed by atoms with van der Waals surface area (Å²) in [4.78, 5) is 30.0. The summed E-state index contributed by atoms with van der Waals surface area (Å²) in [5.41, 5.74) is 0.359. The predicted molar refractivity (Wildman–Crippen MR) is 184 cm³/mol. The van der Waals surface area contributed by atoms with E-state index >= 15 is 4.39 Å². The Morgan fingerprint density at radius 1 is 1.10 bits per heavy atom. The summed E-state index contributed by atoms with van der Waals surface area (Å²) in [6, 6.07) is 10.4. The maximum absolute atomic E-state index is 15.4. The third kappa shape index (κ3) is 9.44. The molecular weight excluding hydrogens is 713 g/mol. The highest BCUT2D eigenvalue weighted by Gasteiger charge is 2.33. The highest BCUT2D eigenvalue weighted by Crippen LogP contribution is 2.42. The molecule has 0 spiro atoms. The third-order valence-electron chi connectivity index (χ3n) is 8.25. The van der Waals surface area contributed by atoms with E-state index in [4.69, 9.17) is 21.1 Å². The zero-order valence-corrected chi connectivity index (χ0v) is 28.9. The lowest BCUT2D eigenvalue weighted by atomic mass is 9.88. The minimum atomic E-state index is -4.74. The molecule has 5 rings (SSSR count). The first-order valence-electron chi connectivity index (χ1n) is 16.2. The standard InChI is InChI=1S/C36H35ClF5N5O5/c1-45(2)31(48)6-5-14-46(35(49)50)15-17-51-30-13-9-23(21-43-30)33(27(20-36(40,41)42)25-11-10-24(38)19-28(25)37)22-8-12-29-26(18-22)34(39)44-47(29)32-7-3-4-16-52-32/h5-6,8-13,18-19,21,32H,3-4,7,14-17,20H2,1-2H3,(H,49,50). The number of fused-ring (bicyclic) bond motifs is 1. The lowest BCUT2D eigenvalue weighted by molar-refractivity contribution is -0.124. The van der Waals surface area contributed by atoms with Crippen LogP contribution < -0.4 is 4.74 Å². The number of alkyl halides is 3. The molecule has 2 amide bonds.